The Bertz CT molecular complexity index is 443. The molecule has 0 spiro atoms. The highest BCUT2D eigenvalue weighted by Gasteiger charge is 2.07. The molecule has 1 aromatic rings. The van der Waals surface area contributed by atoms with Crippen molar-refractivity contribution in [3.8, 4) is 0 Å². The van der Waals surface area contributed by atoms with E-state index in [1.807, 2.05) is 13.8 Å². The van der Waals surface area contributed by atoms with Gasteiger partial charge in [-0.1, -0.05) is 37.0 Å². The van der Waals surface area contributed by atoms with E-state index in [4.69, 9.17) is 35.4 Å². The lowest BCUT2D eigenvalue weighted by Crippen LogP contribution is -2.34. The zero-order chi connectivity index (χ0) is 13.7. The van der Waals surface area contributed by atoms with Crippen LogP contribution in [0.4, 0.5) is 5.69 Å². The molecule has 0 radical (unpaired) electrons. The summed E-state index contributed by atoms with van der Waals surface area (Å²) < 4.78 is 0. The number of hydrogen-bond donors (Lipinski definition) is 2. The molecule has 0 unspecified atom stereocenters. The van der Waals surface area contributed by atoms with Crippen LogP contribution in [0.5, 0.6) is 0 Å². The molecule has 0 aromatic heterocycles. The van der Waals surface area contributed by atoms with Gasteiger partial charge in [0.25, 0.3) is 0 Å². The maximum absolute atomic E-state index is 11.5. The van der Waals surface area contributed by atoms with Crippen LogP contribution in [0.1, 0.15) is 20.3 Å². The minimum atomic E-state index is -0.115. The van der Waals surface area contributed by atoms with Crippen molar-refractivity contribution in [3.05, 3.63) is 28.2 Å². The summed E-state index contributed by atoms with van der Waals surface area (Å²) >= 11 is 16.7. The Morgan fingerprint density at radius 3 is 2.33 bits per heavy atom. The Hall–Kier alpha value is -0.840. The predicted molar refractivity (Wildman–Crippen MR) is 80.3 cm³/mol. The smallest absolute Gasteiger partial charge is 0.226 e. The van der Waals surface area contributed by atoms with E-state index in [9.17, 15) is 4.79 Å². The molecule has 1 rings (SSSR count). The summed E-state index contributed by atoms with van der Waals surface area (Å²) in [6.07, 6.45) is 0.429. The van der Waals surface area contributed by atoms with Crippen LogP contribution >= 0.6 is 35.4 Å². The van der Waals surface area contributed by atoms with Gasteiger partial charge < -0.3 is 10.6 Å². The largest absolute Gasteiger partial charge is 0.332 e. The van der Waals surface area contributed by atoms with Crippen LogP contribution in [0.15, 0.2) is 18.2 Å². The SMILES string of the molecule is CC(C)CC(=O)NC(=S)Nc1cc(Cl)cc(Cl)c1. The molecule has 0 saturated heterocycles. The third-order valence-electron chi connectivity index (χ3n) is 1.97. The fraction of sp³-hybridized carbons (Fsp3) is 0.333. The molecule has 0 saturated carbocycles. The summed E-state index contributed by atoms with van der Waals surface area (Å²) in [4.78, 5) is 11.5. The number of thiocarbonyl (C=S) groups is 1. The van der Waals surface area contributed by atoms with Gasteiger partial charge in [0.15, 0.2) is 5.11 Å². The van der Waals surface area contributed by atoms with Gasteiger partial charge in [-0.25, -0.2) is 0 Å². The van der Waals surface area contributed by atoms with Crippen LogP contribution in [0.2, 0.25) is 10.0 Å². The fourth-order valence-electron chi connectivity index (χ4n) is 1.34. The molecule has 2 N–H and O–H groups in total. The molecule has 0 atom stereocenters. The second-order valence-corrected chi connectivity index (χ2v) is 5.54. The first-order chi connectivity index (χ1) is 8.36. The normalized spacial score (nSPS) is 10.3. The highest BCUT2D eigenvalue weighted by molar-refractivity contribution is 7.80. The van der Waals surface area contributed by atoms with E-state index in [1.54, 1.807) is 18.2 Å². The van der Waals surface area contributed by atoms with E-state index in [0.29, 0.717) is 22.2 Å². The first-order valence-corrected chi connectivity index (χ1v) is 6.60. The number of rotatable bonds is 3. The van der Waals surface area contributed by atoms with Gasteiger partial charge in [0.05, 0.1) is 0 Å². The zero-order valence-electron chi connectivity index (χ0n) is 10.1. The van der Waals surface area contributed by atoms with Crippen LogP contribution < -0.4 is 10.6 Å². The summed E-state index contributed by atoms with van der Waals surface area (Å²) in [6, 6.07) is 4.97. The quantitative estimate of drug-likeness (QED) is 0.833. The molecule has 0 heterocycles. The number of benzene rings is 1. The molecule has 18 heavy (non-hydrogen) atoms. The monoisotopic (exact) mass is 304 g/mol. The van der Waals surface area contributed by atoms with Gasteiger partial charge in [0.2, 0.25) is 5.91 Å². The van der Waals surface area contributed by atoms with Gasteiger partial charge in [0.1, 0.15) is 0 Å². The standard InChI is InChI=1S/C12H14Cl2N2OS/c1-7(2)3-11(17)16-12(18)15-10-5-8(13)4-9(14)6-10/h4-7H,3H2,1-2H3,(H2,15,16,17,18). The second kappa shape index (κ2) is 6.92. The minimum absolute atomic E-state index is 0.115. The molecule has 0 bridgehead atoms. The highest BCUT2D eigenvalue weighted by Crippen LogP contribution is 2.22. The van der Waals surface area contributed by atoms with Crippen LogP contribution in [-0.4, -0.2) is 11.0 Å². The number of carbonyl (C=O) groups excluding carboxylic acids is 1. The first kappa shape index (κ1) is 15.2. The predicted octanol–water partition coefficient (Wildman–Crippen LogP) is 3.85. The second-order valence-electron chi connectivity index (χ2n) is 4.26. The van der Waals surface area contributed by atoms with E-state index in [0.717, 1.165) is 0 Å². The van der Waals surface area contributed by atoms with Gasteiger partial charge in [-0.15, -0.1) is 0 Å². The summed E-state index contributed by atoms with van der Waals surface area (Å²) in [5, 5.41) is 6.69. The van der Waals surface area contributed by atoms with Gasteiger partial charge in [-0.2, -0.15) is 0 Å². The maximum atomic E-state index is 11.5. The molecular weight excluding hydrogens is 291 g/mol. The summed E-state index contributed by atoms with van der Waals surface area (Å²) in [5.41, 5.74) is 0.641. The fourth-order valence-corrected chi connectivity index (χ4v) is 2.09. The molecule has 0 aliphatic rings. The van der Waals surface area contributed by atoms with Crippen molar-refractivity contribution in [1.29, 1.82) is 0 Å². The van der Waals surface area contributed by atoms with Gasteiger partial charge >= 0.3 is 0 Å². The molecule has 0 aliphatic heterocycles. The molecule has 3 nitrogen and oxygen atoms in total. The lowest BCUT2D eigenvalue weighted by molar-refractivity contribution is -0.120. The maximum Gasteiger partial charge on any atom is 0.226 e. The summed E-state index contributed by atoms with van der Waals surface area (Å²) in [7, 11) is 0. The minimum Gasteiger partial charge on any atom is -0.332 e. The van der Waals surface area contributed by atoms with Crippen LogP contribution in [0.25, 0.3) is 0 Å². The lowest BCUT2D eigenvalue weighted by atomic mass is 10.1. The highest BCUT2D eigenvalue weighted by atomic mass is 35.5. The van der Waals surface area contributed by atoms with Crippen molar-refractivity contribution < 1.29 is 4.79 Å². The lowest BCUT2D eigenvalue weighted by Gasteiger charge is -2.11. The molecule has 0 aliphatic carbocycles. The number of hydrogen-bond acceptors (Lipinski definition) is 2. The molecule has 1 aromatic carbocycles. The van der Waals surface area contributed by atoms with Crippen molar-refractivity contribution in [2.45, 2.75) is 20.3 Å². The Morgan fingerprint density at radius 2 is 1.83 bits per heavy atom. The van der Waals surface area contributed by atoms with Crippen molar-refractivity contribution >= 4 is 52.1 Å². The molecule has 0 fully saturated rings. The van der Waals surface area contributed by atoms with Crippen LogP contribution in [0, 0.1) is 5.92 Å². The van der Waals surface area contributed by atoms with E-state index in [1.165, 1.54) is 0 Å². The Kier molecular flexibility index (Phi) is 5.85. The summed E-state index contributed by atoms with van der Waals surface area (Å²) in [5.74, 6) is 0.170. The van der Waals surface area contributed by atoms with Gasteiger partial charge in [-0.05, 0) is 36.3 Å². The van der Waals surface area contributed by atoms with Gasteiger partial charge in [0, 0.05) is 22.2 Å². The van der Waals surface area contributed by atoms with E-state index >= 15 is 0 Å². The van der Waals surface area contributed by atoms with Crippen molar-refractivity contribution in [2.24, 2.45) is 5.92 Å². The van der Waals surface area contributed by atoms with Crippen LogP contribution in [-0.2, 0) is 4.79 Å². The first-order valence-electron chi connectivity index (χ1n) is 5.43. The van der Waals surface area contributed by atoms with E-state index in [2.05, 4.69) is 10.6 Å². The molecule has 1 amide bonds. The number of anilines is 1. The average molecular weight is 305 g/mol. The van der Waals surface area contributed by atoms with Crippen molar-refractivity contribution in [1.82, 2.24) is 5.32 Å². The Labute approximate surface area is 122 Å². The molecule has 6 heteroatoms. The number of amides is 1. The van der Waals surface area contributed by atoms with Crippen LogP contribution in [0.3, 0.4) is 0 Å². The Morgan fingerprint density at radius 1 is 1.28 bits per heavy atom. The molecule has 98 valence electrons. The summed E-state index contributed by atoms with van der Waals surface area (Å²) in [6.45, 7) is 3.93. The van der Waals surface area contributed by atoms with E-state index < -0.39 is 0 Å². The van der Waals surface area contributed by atoms with Crippen molar-refractivity contribution in [3.63, 3.8) is 0 Å². The number of halogens is 2. The third kappa shape index (κ3) is 5.67. The average Bonchev–Trinajstić information content (AvgIpc) is 2.12. The molecular formula is C12H14Cl2N2OS. The number of nitrogens with one attached hydrogen (secondary N) is 2. The zero-order valence-corrected chi connectivity index (χ0v) is 12.4. The number of carbonyl (C=O) groups is 1. The van der Waals surface area contributed by atoms with Crippen molar-refractivity contribution in [2.75, 3.05) is 5.32 Å². The third-order valence-corrected chi connectivity index (χ3v) is 2.61. The van der Waals surface area contributed by atoms with E-state index in [-0.39, 0.29) is 16.9 Å². The Balaban J connectivity index is 2.57. The topological polar surface area (TPSA) is 41.1 Å². The van der Waals surface area contributed by atoms with Gasteiger partial charge in [-0.3, -0.25) is 4.79 Å².